The number of hydrogen-bond donors (Lipinski definition) is 2. The molecule has 1 unspecified atom stereocenters. The summed E-state index contributed by atoms with van der Waals surface area (Å²) in [7, 11) is 1.36. The molecule has 1 aromatic carbocycles. The lowest BCUT2D eigenvalue weighted by atomic mass is 10.2. The number of ether oxygens (including phenoxy) is 1. The highest BCUT2D eigenvalue weighted by atomic mass is 16.5. The lowest BCUT2D eigenvalue weighted by Crippen LogP contribution is -2.37. The van der Waals surface area contributed by atoms with Gasteiger partial charge in [0.1, 0.15) is 0 Å². The zero-order chi connectivity index (χ0) is 14.3. The number of hydrogen-bond acceptors (Lipinski definition) is 5. The molecule has 0 radical (unpaired) electrons. The number of methoxy groups -OCH3 is 1. The van der Waals surface area contributed by atoms with Crippen LogP contribution in [0, 0.1) is 0 Å². The van der Waals surface area contributed by atoms with Gasteiger partial charge in [-0.1, -0.05) is 6.92 Å². The summed E-state index contributed by atoms with van der Waals surface area (Å²) in [4.78, 5) is 13.4. The largest absolute Gasteiger partial charge is 0.465 e. The number of nitrogens with two attached hydrogens (primary N) is 1. The molecule has 0 saturated carbocycles. The summed E-state index contributed by atoms with van der Waals surface area (Å²) >= 11 is 0. The summed E-state index contributed by atoms with van der Waals surface area (Å²) in [5, 5.41) is 9.66. The van der Waals surface area contributed by atoms with E-state index in [1.807, 2.05) is 12.1 Å². The van der Waals surface area contributed by atoms with E-state index in [4.69, 9.17) is 5.73 Å². The van der Waals surface area contributed by atoms with E-state index in [2.05, 4.69) is 16.6 Å². The molecule has 19 heavy (non-hydrogen) atoms. The first-order chi connectivity index (χ1) is 9.12. The Bertz CT molecular complexity index is 392. The molecule has 0 bridgehead atoms. The second-order valence-corrected chi connectivity index (χ2v) is 4.37. The first-order valence-corrected chi connectivity index (χ1v) is 6.43. The summed E-state index contributed by atoms with van der Waals surface area (Å²) in [6.07, 6.45) is 0.419. The minimum Gasteiger partial charge on any atom is -0.465 e. The van der Waals surface area contributed by atoms with Crippen LogP contribution in [0.5, 0.6) is 0 Å². The molecule has 106 valence electrons. The van der Waals surface area contributed by atoms with Crippen LogP contribution in [0.15, 0.2) is 24.3 Å². The average Bonchev–Trinajstić information content (AvgIpc) is 2.46. The van der Waals surface area contributed by atoms with Crippen LogP contribution in [0.1, 0.15) is 23.7 Å². The van der Waals surface area contributed by atoms with E-state index < -0.39 is 6.10 Å². The van der Waals surface area contributed by atoms with Crippen LogP contribution in [0.25, 0.3) is 0 Å². The lowest BCUT2D eigenvalue weighted by Gasteiger charge is -2.26. The van der Waals surface area contributed by atoms with Crippen molar-refractivity contribution in [2.75, 3.05) is 31.6 Å². The summed E-state index contributed by atoms with van der Waals surface area (Å²) < 4.78 is 4.66. The molecule has 1 rings (SSSR count). The molecule has 3 N–H and O–H groups in total. The Labute approximate surface area is 114 Å². The Morgan fingerprint density at radius 3 is 2.53 bits per heavy atom. The van der Waals surface area contributed by atoms with E-state index in [-0.39, 0.29) is 12.5 Å². The number of anilines is 1. The van der Waals surface area contributed by atoms with Gasteiger partial charge in [-0.2, -0.15) is 0 Å². The highest BCUT2D eigenvalue weighted by Gasteiger charge is 2.12. The predicted octanol–water partition coefficient (Wildman–Crippen LogP) is 1.01. The van der Waals surface area contributed by atoms with E-state index in [0.29, 0.717) is 12.1 Å². The average molecular weight is 266 g/mol. The van der Waals surface area contributed by atoms with E-state index >= 15 is 0 Å². The Balaban J connectivity index is 2.81. The summed E-state index contributed by atoms with van der Waals surface area (Å²) in [5.41, 5.74) is 6.91. The maximum absolute atomic E-state index is 11.4. The van der Waals surface area contributed by atoms with Crippen molar-refractivity contribution in [1.29, 1.82) is 0 Å². The van der Waals surface area contributed by atoms with Crippen LogP contribution in [0.2, 0.25) is 0 Å². The van der Waals surface area contributed by atoms with Crippen molar-refractivity contribution in [1.82, 2.24) is 0 Å². The molecule has 0 heterocycles. The molecular formula is C14H22N2O3. The minimum absolute atomic E-state index is 0.237. The molecular weight excluding hydrogens is 244 g/mol. The molecule has 0 saturated heterocycles. The summed E-state index contributed by atoms with van der Waals surface area (Å²) in [6, 6.07) is 7.15. The van der Waals surface area contributed by atoms with Gasteiger partial charge in [0.05, 0.1) is 18.8 Å². The van der Waals surface area contributed by atoms with Crippen LogP contribution in [0.4, 0.5) is 5.69 Å². The fourth-order valence-electron chi connectivity index (χ4n) is 1.85. The van der Waals surface area contributed by atoms with Gasteiger partial charge in [-0.05, 0) is 30.7 Å². The molecule has 0 aromatic heterocycles. The van der Waals surface area contributed by atoms with Crippen molar-refractivity contribution in [3.8, 4) is 0 Å². The van der Waals surface area contributed by atoms with Crippen LogP contribution in [0.3, 0.4) is 0 Å². The second-order valence-electron chi connectivity index (χ2n) is 4.37. The molecule has 5 nitrogen and oxygen atoms in total. The van der Waals surface area contributed by atoms with Crippen molar-refractivity contribution in [3.63, 3.8) is 0 Å². The Morgan fingerprint density at radius 2 is 2.05 bits per heavy atom. The zero-order valence-electron chi connectivity index (χ0n) is 11.5. The van der Waals surface area contributed by atoms with Gasteiger partial charge in [0.2, 0.25) is 0 Å². The van der Waals surface area contributed by atoms with Gasteiger partial charge in [-0.25, -0.2) is 4.79 Å². The number of aliphatic hydroxyl groups excluding tert-OH is 1. The van der Waals surface area contributed by atoms with Gasteiger partial charge in [0, 0.05) is 25.3 Å². The summed E-state index contributed by atoms with van der Waals surface area (Å²) in [5.74, 6) is -0.351. The standard InChI is InChI=1S/C14H22N2O3/c1-3-8-16(10-13(17)9-15)12-6-4-11(5-7-12)14(18)19-2/h4-7,13,17H,3,8-10,15H2,1-2H3. The second kappa shape index (κ2) is 7.76. The third kappa shape index (κ3) is 4.54. The lowest BCUT2D eigenvalue weighted by molar-refractivity contribution is 0.0600. The van der Waals surface area contributed by atoms with Crippen LogP contribution in [-0.4, -0.2) is 43.9 Å². The van der Waals surface area contributed by atoms with Gasteiger partial charge < -0.3 is 20.5 Å². The van der Waals surface area contributed by atoms with Crippen molar-refractivity contribution in [3.05, 3.63) is 29.8 Å². The number of nitrogens with zero attached hydrogens (tertiary/aromatic N) is 1. The first kappa shape index (κ1) is 15.5. The Morgan fingerprint density at radius 1 is 1.42 bits per heavy atom. The molecule has 0 aliphatic carbocycles. The highest BCUT2D eigenvalue weighted by Crippen LogP contribution is 2.16. The molecule has 1 atom stereocenters. The third-order valence-electron chi connectivity index (χ3n) is 2.85. The van der Waals surface area contributed by atoms with E-state index in [0.717, 1.165) is 18.7 Å². The normalized spacial score (nSPS) is 12.0. The third-order valence-corrected chi connectivity index (χ3v) is 2.85. The fourth-order valence-corrected chi connectivity index (χ4v) is 1.85. The molecule has 0 aliphatic rings. The van der Waals surface area contributed by atoms with Crippen LogP contribution in [-0.2, 0) is 4.74 Å². The molecule has 0 fully saturated rings. The maximum Gasteiger partial charge on any atom is 0.337 e. The van der Waals surface area contributed by atoms with Crippen LogP contribution >= 0.6 is 0 Å². The van der Waals surface area contributed by atoms with Gasteiger partial charge in [-0.15, -0.1) is 0 Å². The number of aliphatic hydroxyl groups is 1. The highest BCUT2D eigenvalue weighted by molar-refractivity contribution is 5.89. The first-order valence-electron chi connectivity index (χ1n) is 6.43. The summed E-state index contributed by atoms with van der Waals surface area (Å²) in [6.45, 7) is 3.63. The fraction of sp³-hybridized carbons (Fsp3) is 0.500. The minimum atomic E-state index is -0.549. The van der Waals surface area contributed by atoms with Crippen molar-refractivity contribution in [2.45, 2.75) is 19.4 Å². The Kier molecular flexibility index (Phi) is 6.32. The number of rotatable bonds is 7. The van der Waals surface area contributed by atoms with Crippen molar-refractivity contribution >= 4 is 11.7 Å². The zero-order valence-corrected chi connectivity index (χ0v) is 11.5. The Hall–Kier alpha value is -1.59. The monoisotopic (exact) mass is 266 g/mol. The maximum atomic E-state index is 11.4. The van der Waals surface area contributed by atoms with Gasteiger partial charge >= 0.3 is 5.97 Å². The smallest absolute Gasteiger partial charge is 0.337 e. The van der Waals surface area contributed by atoms with Crippen LogP contribution < -0.4 is 10.6 Å². The molecule has 0 spiro atoms. The molecule has 5 heteroatoms. The predicted molar refractivity (Wildman–Crippen MR) is 75.3 cm³/mol. The molecule has 0 aliphatic heterocycles. The van der Waals surface area contributed by atoms with E-state index in [1.54, 1.807) is 12.1 Å². The number of esters is 1. The topological polar surface area (TPSA) is 75.8 Å². The van der Waals surface area contributed by atoms with Gasteiger partial charge in [0.25, 0.3) is 0 Å². The van der Waals surface area contributed by atoms with E-state index in [1.165, 1.54) is 7.11 Å². The number of carbonyl (C=O) groups is 1. The SMILES string of the molecule is CCCN(CC(O)CN)c1ccc(C(=O)OC)cc1. The molecule has 0 amide bonds. The number of benzene rings is 1. The van der Waals surface area contributed by atoms with Gasteiger partial charge in [0.15, 0.2) is 0 Å². The quantitative estimate of drug-likeness (QED) is 0.720. The van der Waals surface area contributed by atoms with Crippen molar-refractivity contribution in [2.24, 2.45) is 5.73 Å². The number of carbonyl (C=O) groups excluding carboxylic acids is 1. The molecule has 1 aromatic rings. The van der Waals surface area contributed by atoms with E-state index in [9.17, 15) is 9.90 Å². The van der Waals surface area contributed by atoms with Gasteiger partial charge in [-0.3, -0.25) is 0 Å². The van der Waals surface area contributed by atoms with Crippen molar-refractivity contribution < 1.29 is 14.6 Å².